The first-order valence-electron chi connectivity index (χ1n) is 22.7. The zero-order valence-corrected chi connectivity index (χ0v) is 36.3. The summed E-state index contributed by atoms with van der Waals surface area (Å²) < 4.78 is 22.8. The molecule has 0 aromatic rings. The van der Waals surface area contributed by atoms with Crippen LogP contribution in [0.2, 0.25) is 0 Å². The molecular formula is C42H84NO13P. The number of hydrogen-bond acceptors (Lipinski definition) is 12. The number of hydrogen-bond donors (Lipinski definition) is 10. The summed E-state index contributed by atoms with van der Waals surface area (Å²) in [5.74, 6) is -0.860. The molecule has 0 saturated heterocycles. The summed E-state index contributed by atoms with van der Waals surface area (Å²) >= 11 is 0. The fourth-order valence-corrected chi connectivity index (χ4v) is 8.45. The Hall–Kier alpha value is -0.740. The molecule has 11 atom stereocenters. The molecule has 57 heavy (non-hydrogen) atoms. The summed E-state index contributed by atoms with van der Waals surface area (Å²) in [6.45, 7) is 3.55. The van der Waals surface area contributed by atoms with Crippen molar-refractivity contribution < 1.29 is 64.2 Å². The number of phosphoric ester groups is 1. The second-order valence-electron chi connectivity index (χ2n) is 16.5. The van der Waals surface area contributed by atoms with E-state index in [0.717, 1.165) is 51.4 Å². The van der Waals surface area contributed by atoms with Crippen molar-refractivity contribution in [1.29, 1.82) is 0 Å². The fraction of sp³-hybridized carbons (Fsp3) is 0.976. The van der Waals surface area contributed by atoms with Crippen molar-refractivity contribution in [3.05, 3.63) is 0 Å². The number of phosphoric acid groups is 1. The van der Waals surface area contributed by atoms with Crippen LogP contribution < -0.4 is 5.32 Å². The molecule has 0 bridgehead atoms. The molecule has 1 aliphatic carbocycles. The highest BCUT2D eigenvalue weighted by atomic mass is 31.2. The minimum Gasteiger partial charge on any atom is -0.390 e. The van der Waals surface area contributed by atoms with Gasteiger partial charge < -0.3 is 51.1 Å². The van der Waals surface area contributed by atoms with Crippen LogP contribution in [0.15, 0.2) is 0 Å². The number of carbonyl (C=O) groups is 1. The van der Waals surface area contributed by atoms with Crippen molar-refractivity contribution in [2.24, 2.45) is 0 Å². The van der Waals surface area contributed by atoms with E-state index in [1.165, 1.54) is 103 Å². The third kappa shape index (κ3) is 24.3. The van der Waals surface area contributed by atoms with Gasteiger partial charge in [0.15, 0.2) is 0 Å². The molecule has 1 saturated carbocycles. The van der Waals surface area contributed by atoms with Gasteiger partial charge in [-0.2, -0.15) is 0 Å². The average molecular weight is 842 g/mol. The minimum atomic E-state index is -5.22. The number of carbonyl (C=O) groups excluding carboxylic acids is 1. The molecule has 0 aromatic carbocycles. The maximum Gasteiger partial charge on any atom is 0.472 e. The van der Waals surface area contributed by atoms with Gasteiger partial charge in [0.25, 0.3) is 0 Å². The van der Waals surface area contributed by atoms with Crippen LogP contribution in [0.3, 0.4) is 0 Å². The van der Waals surface area contributed by atoms with Crippen molar-refractivity contribution in [2.75, 3.05) is 6.61 Å². The highest BCUT2D eigenvalue weighted by Gasteiger charge is 2.51. The zero-order chi connectivity index (χ0) is 42.5. The lowest BCUT2D eigenvalue weighted by molar-refractivity contribution is -0.220. The monoisotopic (exact) mass is 842 g/mol. The summed E-state index contributed by atoms with van der Waals surface area (Å²) in [4.78, 5) is 23.5. The highest BCUT2D eigenvalue weighted by Crippen LogP contribution is 2.47. The van der Waals surface area contributed by atoms with E-state index in [4.69, 9.17) is 9.05 Å². The fourth-order valence-electron chi connectivity index (χ4n) is 7.48. The molecule has 340 valence electrons. The second-order valence-corrected chi connectivity index (χ2v) is 17.9. The van der Waals surface area contributed by atoms with Crippen molar-refractivity contribution in [2.45, 2.75) is 255 Å². The van der Waals surface area contributed by atoms with E-state index in [0.29, 0.717) is 12.8 Å². The number of nitrogens with one attached hydrogen (secondary N) is 1. The van der Waals surface area contributed by atoms with Gasteiger partial charge in [0.1, 0.15) is 48.8 Å². The van der Waals surface area contributed by atoms with Gasteiger partial charge in [-0.15, -0.1) is 0 Å². The summed E-state index contributed by atoms with van der Waals surface area (Å²) in [5, 5.41) is 85.2. The first-order valence-corrected chi connectivity index (χ1v) is 24.2. The third-order valence-electron chi connectivity index (χ3n) is 11.4. The Bertz CT molecular complexity index is 1010. The lowest BCUT2D eigenvalue weighted by atomic mass is 9.85. The van der Waals surface area contributed by atoms with Crippen molar-refractivity contribution in [1.82, 2.24) is 5.32 Å². The van der Waals surface area contributed by atoms with Gasteiger partial charge in [-0.25, -0.2) is 4.57 Å². The molecule has 7 unspecified atom stereocenters. The van der Waals surface area contributed by atoms with E-state index in [-0.39, 0.29) is 12.8 Å². The average Bonchev–Trinajstić information content (AvgIpc) is 3.19. The predicted octanol–water partition coefficient (Wildman–Crippen LogP) is 5.84. The Morgan fingerprint density at radius 3 is 1.26 bits per heavy atom. The van der Waals surface area contributed by atoms with Crippen LogP contribution in [0.5, 0.6) is 0 Å². The molecule has 0 spiro atoms. The SMILES string of the molecule is CCCCCCCCCCCCCCCC[C@@H](O)[C@@H](O)[C@H](COP(=O)(O)OC1C(O)C(O)C(O)[C@@H](O)C1O)NC(=O)C(O)CCCCCCCCCCCCCC. The predicted molar refractivity (Wildman–Crippen MR) is 221 cm³/mol. The van der Waals surface area contributed by atoms with E-state index in [9.17, 15) is 55.1 Å². The molecule has 0 aromatic heterocycles. The van der Waals surface area contributed by atoms with Gasteiger partial charge >= 0.3 is 7.82 Å². The molecule has 0 aliphatic heterocycles. The Labute approximate surface area is 343 Å². The molecule has 1 rings (SSSR count). The minimum absolute atomic E-state index is 0.157. The molecule has 0 radical (unpaired) electrons. The van der Waals surface area contributed by atoms with Crippen LogP contribution in [-0.2, 0) is 18.4 Å². The number of aliphatic hydroxyl groups is 8. The zero-order valence-electron chi connectivity index (χ0n) is 35.4. The normalized spacial score (nSPS) is 24.5. The van der Waals surface area contributed by atoms with Gasteiger partial charge in [0, 0.05) is 0 Å². The Kier molecular flexibility index (Phi) is 31.4. The summed E-state index contributed by atoms with van der Waals surface area (Å²) in [6, 6.07) is -1.47. The Balaban J connectivity index is 2.62. The quantitative estimate of drug-likeness (QED) is 0.0261. The summed E-state index contributed by atoms with van der Waals surface area (Å²) in [6.07, 6.45) is 13.3. The largest absolute Gasteiger partial charge is 0.472 e. The maximum absolute atomic E-state index is 13.0. The van der Waals surface area contributed by atoms with Crippen molar-refractivity contribution in [3.63, 3.8) is 0 Å². The lowest BCUT2D eigenvalue weighted by Gasteiger charge is -2.41. The molecule has 0 heterocycles. The van der Waals surface area contributed by atoms with Crippen LogP contribution in [0.4, 0.5) is 0 Å². The van der Waals surface area contributed by atoms with E-state index in [2.05, 4.69) is 19.2 Å². The standard InChI is InChI=1S/C42H84NO13P/c1-3-5-7-9-11-13-15-17-18-20-21-23-25-27-29-33(44)35(46)32(31-55-57(53,54)56-41-39(50)37(48)36(47)38(49)40(41)51)43-42(52)34(45)30-28-26-24-22-19-16-14-12-10-8-6-4-2/h32-41,44-51H,3-31H2,1-2H3,(H,43,52)(H,53,54)/t32-,33+,34?,35-,36?,37+,38?,39?,40?,41?/m0/s1. The molecular weight excluding hydrogens is 757 g/mol. The molecule has 1 fully saturated rings. The van der Waals surface area contributed by atoms with E-state index < -0.39 is 81.3 Å². The number of amides is 1. The van der Waals surface area contributed by atoms with Crippen LogP contribution in [0, 0.1) is 0 Å². The molecule has 1 aliphatic rings. The number of rotatable bonds is 37. The Morgan fingerprint density at radius 2 is 0.877 bits per heavy atom. The molecule has 14 nitrogen and oxygen atoms in total. The van der Waals surface area contributed by atoms with E-state index in [1.807, 2.05) is 0 Å². The lowest BCUT2D eigenvalue weighted by Crippen LogP contribution is -2.64. The summed E-state index contributed by atoms with van der Waals surface area (Å²) in [7, 11) is -5.22. The van der Waals surface area contributed by atoms with Crippen LogP contribution >= 0.6 is 7.82 Å². The van der Waals surface area contributed by atoms with Gasteiger partial charge in [0.05, 0.1) is 18.8 Å². The Morgan fingerprint density at radius 1 is 0.544 bits per heavy atom. The van der Waals surface area contributed by atoms with Crippen LogP contribution in [0.1, 0.15) is 194 Å². The van der Waals surface area contributed by atoms with E-state index >= 15 is 0 Å². The maximum atomic E-state index is 13.0. The molecule has 10 N–H and O–H groups in total. The van der Waals surface area contributed by atoms with Crippen molar-refractivity contribution in [3.8, 4) is 0 Å². The van der Waals surface area contributed by atoms with Gasteiger partial charge in [-0.3, -0.25) is 13.8 Å². The summed E-state index contributed by atoms with van der Waals surface area (Å²) in [5.41, 5.74) is 0. The third-order valence-corrected chi connectivity index (χ3v) is 12.4. The van der Waals surface area contributed by atoms with Crippen LogP contribution in [0.25, 0.3) is 0 Å². The van der Waals surface area contributed by atoms with Gasteiger partial charge in [0.2, 0.25) is 5.91 Å². The number of unbranched alkanes of at least 4 members (excludes halogenated alkanes) is 24. The molecule has 1 amide bonds. The van der Waals surface area contributed by atoms with E-state index in [1.54, 1.807) is 0 Å². The van der Waals surface area contributed by atoms with Crippen molar-refractivity contribution >= 4 is 13.7 Å². The first kappa shape index (κ1) is 54.3. The topological polar surface area (TPSA) is 247 Å². The first-order chi connectivity index (χ1) is 27.3. The smallest absolute Gasteiger partial charge is 0.390 e. The van der Waals surface area contributed by atoms with Crippen LogP contribution in [-0.4, -0.2) is 119 Å². The highest BCUT2D eigenvalue weighted by molar-refractivity contribution is 7.47. The number of aliphatic hydroxyl groups excluding tert-OH is 8. The van der Waals surface area contributed by atoms with Gasteiger partial charge in [-0.05, 0) is 12.8 Å². The van der Waals surface area contributed by atoms with Gasteiger partial charge in [-0.1, -0.05) is 181 Å². The molecule has 15 heteroatoms. The second kappa shape index (κ2) is 33.0.